The summed E-state index contributed by atoms with van der Waals surface area (Å²) in [5.41, 5.74) is 8.41. The van der Waals surface area contributed by atoms with Crippen LogP contribution in [0.4, 0.5) is 17.1 Å². The van der Waals surface area contributed by atoms with Gasteiger partial charge >= 0.3 is 0 Å². The van der Waals surface area contributed by atoms with Crippen LogP contribution < -0.4 is 4.90 Å². The van der Waals surface area contributed by atoms with Crippen molar-refractivity contribution in [3.63, 3.8) is 0 Å². The van der Waals surface area contributed by atoms with Gasteiger partial charge < -0.3 is 4.90 Å². The first kappa shape index (κ1) is 29.9. The molecule has 0 atom stereocenters. The number of rotatable bonds is 5. The highest BCUT2D eigenvalue weighted by Gasteiger charge is 2.23. The van der Waals surface area contributed by atoms with Crippen LogP contribution >= 0.6 is 34.0 Å². The maximum Gasteiger partial charge on any atom is 0.0640 e. The third kappa shape index (κ3) is 4.65. The number of nitrogens with zero attached hydrogens (tertiary/aromatic N) is 1. The van der Waals surface area contributed by atoms with Crippen LogP contribution in [-0.2, 0) is 0 Å². The normalized spacial score (nSPS) is 11.8. The molecule has 0 spiro atoms. The summed E-state index contributed by atoms with van der Waals surface area (Å²) in [6.45, 7) is 0. The maximum absolute atomic E-state index is 2.54. The zero-order valence-electron chi connectivity index (χ0n) is 27.9. The Morgan fingerprint density at radius 2 is 0.750 bits per heavy atom. The minimum absolute atomic E-state index is 1.14. The van der Waals surface area contributed by atoms with Crippen LogP contribution in [0.25, 0.3) is 82.8 Å². The Kier molecular flexibility index (Phi) is 6.84. The fourth-order valence-electron chi connectivity index (χ4n) is 7.89. The van der Waals surface area contributed by atoms with Gasteiger partial charge in [0.2, 0.25) is 0 Å². The van der Waals surface area contributed by atoms with Gasteiger partial charge in [0.1, 0.15) is 0 Å². The Morgan fingerprint density at radius 3 is 1.33 bits per heavy atom. The monoisotopic (exact) mass is 715 g/mol. The number of fused-ring (bicyclic) bond motifs is 9. The van der Waals surface area contributed by atoms with E-state index in [0.29, 0.717) is 0 Å². The average molecular weight is 716 g/mol. The van der Waals surface area contributed by atoms with Crippen LogP contribution in [0, 0.1) is 0 Å². The molecular formula is C48H29NS3. The van der Waals surface area contributed by atoms with Crippen LogP contribution in [0.15, 0.2) is 176 Å². The molecule has 0 aliphatic carbocycles. The largest absolute Gasteiger partial charge is 0.308 e. The second-order valence-corrected chi connectivity index (χ2v) is 16.4. The molecule has 3 heterocycles. The molecule has 8 aromatic carbocycles. The van der Waals surface area contributed by atoms with Gasteiger partial charge in [-0.05, 0) is 70.8 Å². The van der Waals surface area contributed by atoms with Gasteiger partial charge in [-0.15, -0.1) is 34.0 Å². The smallest absolute Gasteiger partial charge is 0.0640 e. The van der Waals surface area contributed by atoms with Crippen molar-refractivity contribution >= 4 is 112 Å². The molecule has 0 saturated carbocycles. The first-order chi connectivity index (χ1) is 25.8. The summed E-state index contributed by atoms with van der Waals surface area (Å²) >= 11 is 5.66. The van der Waals surface area contributed by atoms with Gasteiger partial charge in [0.05, 0.1) is 20.8 Å². The van der Waals surface area contributed by atoms with Crippen LogP contribution in [0.5, 0.6) is 0 Å². The molecule has 0 amide bonds. The first-order valence-corrected chi connectivity index (χ1v) is 20.0. The lowest BCUT2D eigenvalue weighted by molar-refractivity contribution is 1.32. The number of hydrogen-bond donors (Lipinski definition) is 0. The predicted octanol–water partition coefficient (Wildman–Crippen LogP) is 15.6. The highest BCUT2D eigenvalue weighted by atomic mass is 32.1. The summed E-state index contributed by atoms with van der Waals surface area (Å²) in [6.07, 6.45) is 0. The van der Waals surface area contributed by atoms with E-state index >= 15 is 0 Å². The van der Waals surface area contributed by atoms with Crippen LogP contribution in [-0.4, -0.2) is 0 Å². The van der Waals surface area contributed by atoms with Gasteiger partial charge in [0.15, 0.2) is 0 Å². The number of anilines is 3. The minimum Gasteiger partial charge on any atom is -0.308 e. The summed E-state index contributed by atoms with van der Waals surface area (Å²) < 4.78 is 7.84. The molecule has 0 aliphatic rings. The zero-order chi connectivity index (χ0) is 34.2. The van der Waals surface area contributed by atoms with E-state index in [1.165, 1.54) is 94.1 Å². The predicted molar refractivity (Wildman–Crippen MR) is 231 cm³/mol. The van der Waals surface area contributed by atoms with Gasteiger partial charge in [0, 0.05) is 56.8 Å². The molecular weight excluding hydrogens is 687 g/mol. The summed E-state index contributed by atoms with van der Waals surface area (Å²) in [4.78, 5) is 2.54. The lowest BCUT2D eigenvalue weighted by Gasteiger charge is -2.28. The molecule has 0 N–H and O–H groups in total. The fourth-order valence-corrected chi connectivity index (χ4v) is 11.5. The molecule has 11 rings (SSSR count). The summed E-state index contributed by atoms with van der Waals surface area (Å²) in [5.74, 6) is 0. The number of benzene rings is 8. The van der Waals surface area contributed by atoms with Crippen molar-refractivity contribution in [2.75, 3.05) is 4.90 Å². The van der Waals surface area contributed by atoms with E-state index in [9.17, 15) is 0 Å². The topological polar surface area (TPSA) is 3.24 Å². The van der Waals surface area contributed by atoms with E-state index in [1.807, 2.05) is 34.0 Å². The van der Waals surface area contributed by atoms with Crippen molar-refractivity contribution in [3.8, 4) is 22.3 Å². The minimum atomic E-state index is 1.14. The van der Waals surface area contributed by atoms with Crippen LogP contribution in [0.2, 0.25) is 0 Å². The molecule has 52 heavy (non-hydrogen) atoms. The standard InChI is InChI=1S/C48H29NS3/c1-2-13-30(14-3-1)31-27-32(34-18-10-19-38-35-15-4-7-24-43(35)50-46(34)38)29-33(28-31)49(41-22-11-20-39-36-16-5-8-25-44(36)51-47(39)41)42-23-12-21-40-37-17-6-9-26-45(37)52-48(40)42/h1-29H. The van der Waals surface area contributed by atoms with E-state index < -0.39 is 0 Å². The number of hydrogen-bond acceptors (Lipinski definition) is 4. The Hall–Kier alpha value is -5.78. The molecule has 0 fully saturated rings. The van der Waals surface area contributed by atoms with Crippen LogP contribution in [0.1, 0.15) is 0 Å². The van der Waals surface area contributed by atoms with Gasteiger partial charge in [-0.2, -0.15) is 0 Å². The molecule has 3 aromatic heterocycles. The molecule has 0 aliphatic heterocycles. The second kappa shape index (κ2) is 11.9. The molecule has 0 saturated heterocycles. The highest BCUT2D eigenvalue weighted by molar-refractivity contribution is 7.27. The average Bonchev–Trinajstić information content (AvgIpc) is 3.90. The molecule has 0 radical (unpaired) electrons. The Morgan fingerprint density at radius 1 is 0.308 bits per heavy atom. The Bertz CT molecular complexity index is 3030. The molecule has 0 bridgehead atoms. The van der Waals surface area contributed by atoms with Gasteiger partial charge in [-0.1, -0.05) is 127 Å². The van der Waals surface area contributed by atoms with E-state index in [0.717, 1.165) is 5.69 Å². The van der Waals surface area contributed by atoms with E-state index in [4.69, 9.17) is 0 Å². The van der Waals surface area contributed by atoms with Crippen LogP contribution in [0.3, 0.4) is 0 Å². The lowest BCUT2D eigenvalue weighted by atomic mass is 9.96. The molecule has 1 nitrogen and oxygen atoms in total. The Balaban J connectivity index is 1.25. The van der Waals surface area contributed by atoms with Gasteiger partial charge in [-0.3, -0.25) is 0 Å². The van der Waals surface area contributed by atoms with Crippen molar-refractivity contribution in [1.82, 2.24) is 0 Å². The van der Waals surface area contributed by atoms with Gasteiger partial charge in [-0.25, -0.2) is 0 Å². The maximum atomic E-state index is 2.54. The number of thiophene rings is 3. The summed E-state index contributed by atoms with van der Waals surface area (Å²) in [7, 11) is 0. The van der Waals surface area contributed by atoms with Crippen molar-refractivity contribution in [3.05, 3.63) is 176 Å². The molecule has 244 valence electrons. The first-order valence-electron chi connectivity index (χ1n) is 17.5. The summed E-state index contributed by atoms with van der Waals surface area (Å²) in [5, 5.41) is 7.83. The van der Waals surface area contributed by atoms with Crippen molar-refractivity contribution < 1.29 is 0 Å². The molecule has 0 unspecified atom stereocenters. The molecule has 4 heteroatoms. The van der Waals surface area contributed by atoms with E-state index in [1.54, 1.807) is 0 Å². The molecule has 11 aromatic rings. The lowest BCUT2D eigenvalue weighted by Crippen LogP contribution is -2.10. The quantitative estimate of drug-likeness (QED) is 0.171. The van der Waals surface area contributed by atoms with E-state index in [2.05, 4.69) is 181 Å². The van der Waals surface area contributed by atoms with Crippen molar-refractivity contribution in [1.29, 1.82) is 0 Å². The SMILES string of the molecule is c1ccc(-c2cc(-c3cccc4c3sc3ccccc34)cc(N(c3cccc4c3sc3ccccc34)c3cccc4c3sc3ccccc34)c2)cc1. The fraction of sp³-hybridized carbons (Fsp3) is 0. The second-order valence-electron chi connectivity index (χ2n) is 13.3. The highest BCUT2D eigenvalue weighted by Crippen LogP contribution is 2.50. The van der Waals surface area contributed by atoms with Crippen molar-refractivity contribution in [2.24, 2.45) is 0 Å². The van der Waals surface area contributed by atoms with Gasteiger partial charge in [0.25, 0.3) is 0 Å². The Labute approximate surface area is 312 Å². The summed E-state index contributed by atoms with van der Waals surface area (Å²) in [6, 6.07) is 64.9. The zero-order valence-corrected chi connectivity index (χ0v) is 30.4. The van der Waals surface area contributed by atoms with E-state index in [-0.39, 0.29) is 0 Å². The third-order valence-electron chi connectivity index (χ3n) is 10.2. The van der Waals surface area contributed by atoms with Crippen molar-refractivity contribution in [2.45, 2.75) is 0 Å². The third-order valence-corrected chi connectivity index (χ3v) is 13.9.